The first-order valence-electron chi connectivity index (χ1n) is 7.88. The van der Waals surface area contributed by atoms with E-state index in [1.165, 1.54) is 0 Å². The Bertz CT molecular complexity index is 850. The number of aromatic nitrogens is 1. The Balaban J connectivity index is 1.81. The van der Waals surface area contributed by atoms with Gasteiger partial charge in [-0.2, -0.15) is 0 Å². The fourth-order valence-electron chi connectivity index (χ4n) is 2.97. The Kier molecular flexibility index (Phi) is 4.74. The second kappa shape index (κ2) is 6.80. The van der Waals surface area contributed by atoms with Crippen molar-refractivity contribution in [2.24, 2.45) is 0 Å². The minimum Gasteiger partial charge on any atom is -0.441 e. The minimum absolute atomic E-state index is 0.0534. The highest BCUT2D eigenvalue weighted by molar-refractivity contribution is 7.91. The van der Waals surface area contributed by atoms with Crippen LogP contribution in [0, 0.1) is 19.3 Å². The smallest absolute Gasteiger partial charge is 0.226 e. The van der Waals surface area contributed by atoms with E-state index in [0.717, 1.165) is 17.0 Å². The maximum absolute atomic E-state index is 11.7. The lowest BCUT2D eigenvalue weighted by atomic mass is 10.2. The average Bonchev–Trinajstić information content (AvgIpc) is 3.10. The third kappa shape index (κ3) is 3.69. The summed E-state index contributed by atoms with van der Waals surface area (Å²) < 4.78 is 29.3. The van der Waals surface area contributed by atoms with Gasteiger partial charge in [0.1, 0.15) is 5.76 Å². The van der Waals surface area contributed by atoms with Crippen LogP contribution in [0.5, 0.6) is 0 Å². The van der Waals surface area contributed by atoms with Crippen LogP contribution in [0.25, 0.3) is 11.5 Å². The zero-order valence-electron chi connectivity index (χ0n) is 13.6. The fourth-order valence-corrected chi connectivity index (χ4v) is 4.73. The molecule has 1 aliphatic heterocycles. The molecule has 24 heavy (non-hydrogen) atoms. The number of hydrogen-bond acceptors (Lipinski definition) is 5. The van der Waals surface area contributed by atoms with Gasteiger partial charge in [0.05, 0.1) is 23.7 Å². The lowest BCUT2D eigenvalue weighted by Crippen LogP contribution is -2.36. The molecule has 6 heteroatoms. The summed E-state index contributed by atoms with van der Waals surface area (Å²) in [6, 6.07) is 9.64. The van der Waals surface area contributed by atoms with Crippen LogP contribution in [0.3, 0.4) is 0 Å². The van der Waals surface area contributed by atoms with Crippen LogP contribution in [0.1, 0.15) is 17.9 Å². The van der Waals surface area contributed by atoms with Crippen molar-refractivity contribution in [1.29, 1.82) is 0 Å². The Labute approximate surface area is 142 Å². The number of oxazole rings is 1. The SMILES string of the molecule is C#CCN(Cc1nc(-c2ccccc2)oc1C)C1CCS(=O)(=O)C1. The summed E-state index contributed by atoms with van der Waals surface area (Å²) in [5.74, 6) is 4.32. The second-order valence-corrected chi connectivity index (χ2v) is 8.28. The molecule has 0 spiro atoms. The Morgan fingerprint density at radius 3 is 2.75 bits per heavy atom. The van der Waals surface area contributed by atoms with Gasteiger partial charge in [0.2, 0.25) is 5.89 Å². The molecule has 1 aliphatic rings. The lowest BCUT2D eigenvalue weighted by molar-refractivity contribution is 0.227. The van der Waals surface area contributed by atoms with E-state index >= 15 is 0 Å². The Morgan fingerprint density at radius 2 is 2.12 bits per heavy atom. The molecule has 1 saturated heterocycles. The van der Waals surface area contributed by atoms with Crippen LogP contribution in [-0.4, -0.2) is 42.4 Å². The van der Waals surface area contributed by atoms with Crippen molar-refractivity contribution in [2.45, 2.75) is 25.9 Å². The van der Waals surface area contributed by atoms with Gasteiger partial charge in [0, 0.05) is 18.2 Å². The molecule has 126 valence electrons. The summed E-state index contributed by atoms with van der Waals surface area (Å²) in [6.07, 6.45) is 6.09. The topological polar surface area (TPSA) is 63.4 Å². The number of sulfone groups is 1. The van der Waals surface area contributed by atoms with E-state index in [9.17, 15) is 8.42 Å². The van der Waals surface area contributed by atoms with E-state index in [-0.39, 0.29) is 17.5 Å². The number of benzene rings is 1. The molecule has 0 aliphatic carbocycles. The summed E-state index contributed by atoms with van der Waals surface area (Å²) in [5, 5.41) is 0. The maximum atomic E-state index is 11.7. The van der Waals surface area contributed by atoms with Gasteiger partial charge in [-0.25, -0.2) is 13.4 Å². The fraction of sp³-hybridized carbons (Fsp3) is 0.389. The molecular weight excluding hydrogens is 324 g/mol. The van der Waals surface area contributed by atoms with Gasteiger partial charge < -0.3 is 4.42 Å². The predicted molar refractivity (Wildman–Crippen MR) is 93.0 cm³/mol. The molecule has 3 rings (SSSR count). The number of nitrogens with zero attached hydrogens (tertiary/aromatic N) is 2. The standard InChI is InChI=1S/C18H20N2O3S/c1-3-10-20(16-9-11-24(21,22)13-16)12-17-14(2)23-18(19-17)15-7-5-4-6-8-15/h1,4-8,16H,9-13H2,2H3. The van der Waals surface area contributed by atoms with Gasteiger partial charge in [0.25, 0.3) is 0 Å². The molecule has 0 N–H and O–H groups in total. The second-order valence-electron chi connectivity index (χ2n) is 6.05. The molecule has 1 atom stereocenters. The summed E-state index contributed by atoms with van der Waals surface area (Å²) in [7, 11) is -2.95. The van der Waals surface area contributed by atoms with E-state index in [2.05, 4.69) is 10.9 Å². The third-order valence-electron chi connectivity index (χ3n) is 4.29. The molecule has 0 bridgehead atoms. The average molecular weight is 344 g/mol. The van der Waals surface area contributed by atoms with E-state index in [1.54, 1.807) is 0 Å². The normalized spacial score (nSPS) is 19.5. The monoisotopic (exact) mass is 344 g/mol. The van der Waals surface area contributed by atoms with Gasteiger partial charge in [-0.15, -0.1) is 6.42 Å². The number of terminal acetylenes is 1. The Morgan fingerprint density at radius 1 is 1.38 bits per heavy atom. The zero-order chi connectivity index (χ0) is 17.2. The van der Waals surface area contributed by atoms with Gasteiger partial charge in [-0.3, -0.25) is 4.90 Å². The number of rotatable bonds is 5. The van der Waals surface area contributed by atoms with Crippen LogP contribution in [0.4, 0.5) is 0 Å². The highest BCUT2D eigenvalue weighted by Crippen LogP contribution is 2.24. The molecule has 0 amide bonds. The van der Waals surface area contributed by atoms with E-state index < -0.39 is 9.84 Å². The van der Waals surface area contributed by atoms with Crippen molar-refractivity contribution < 1.29 is 12.8 Å². The van der Waals surface area contributed by atoms with Crippen molar-refractivity contribution in [2.75, 3.05) is 18.1 Å². The van der Waals surface area contributed by atoms with Gasteiger partial charge in [0.15, 0.2) is 9.84 Å². The Hall–Kier alpha value is -2.10. The number of aryl methyl sites for hydroxylation is 1. The summed E-state index contributed by atoms with van der Waals surface area (Å²) in [6.45, 7) is 2.76. The third-order valence-corrected chi connectivity index (χ3v) is 6.04. The van der Waals surface area contributed by atoms with Gasteiger partial charge >= 0.3 is 0 Å². The summed E-state index contributed by atoms with van der Waals surface area (Å²) in [5.41, 5.74) is 1.71. The van der Waals surface area contributed by atoms with Gasteiger partial charge in [-0.05, 0) is 25.5 Å². The van der Waals surface area contributed by atoms with Crippen molar-refractivity contribution >= 4 is 9.84 Å². The predicted octanol–water partition coefficient (Wildman–Crippen LogP) is 2.27. The van der Waals surface area contributed by atoms with Crippen molar-refractivity contribution in [3.63, 3.8) is 0 Å². The molecule has 5 nitrogen and oxygen atoms in total. The molecule has 1 aromatic carbocycles. The summed E-state index contributed by atoms with van der Waals surface area (Å²) >= 11 is 0. The van der Waals surface area contributed by atoms with Crippen LogP contribution < -0.4 is 0 Å². The zero-order valence-corrected chi connectivity index (χ0v) is 14.4. The molecule has 0 radical (unpaired) electrons. The van der Waals surface area contributed by atoms with Crippen LogP contribution in [0.15, 0.2) is 34.7 Å². The van der Waals surface area contributed by atoms with Gasteiger partial charge in [-0.1, -0.05) is 24.1 Å². The van der Waals surface area contributed by atoms with Crippen LogP contribution >= 0.6 is 0 Å². The van der Waals surface area contributed by atoms with Crippen molar-refractivity contribution in [3.8, 4) is 23.8 Å². The van der Waals surface area contributed by atoms with E-state index in [4.69, 9.17) is 10.8 Å². The largest absolute Gasteiger partial charge is 0.441 e. The molecule has 1 fully saturated rings. The summed E-state index contributed by atoms with van der Waals surface area (Å²) in [4.78, 5) is 6.59. The van der Waals surface area contributed by atoms with E-state index in [1.807, 2.05) is 42.2 Å². The maximum Gasteiger partial charge on any atom is 0.226 e. The molecule has 2 heterocycles. The molecule has 1 aromatic heterocycles. The van der Waals surface area contributed by atoms with Crippen molar-refractivity contribution in [1.82, 2.24) is 9.88 Å². The van der Waals surface area contributed by atoms with Crippen LogP contribution in [0.2, 0.25) is 0 Å². The van der Waals surface area contributed by atoms with E-state index in [0.29, 0.717) is 25.4 Å². The molecular formula is C18H20N2O3S. The number of hydrogen-bond donors (Lipinski definition) is 0. The minimum atomic E-state index is -2.95. The lowest BCUT2D eigenvalue weighted by Gasteiger charge is -2.24. The van der Waals surface area contributed by atoms with Crippen LogP contribution in [-0.2, 0) is 16.4 Å². The molecule has 2 aromatic rings. The first-order valence-corrected chi connectivity index (χ1v) is 9.70. The highest BCUT2D eigenvalue weighted by Gasteiger charge is 2.32. The first kappa shape index (κ1) is 16.7. The molecule has 1 unspecified atom stereocenters. The highest BCUT2D eigenvalue weighted by atomic mass is 32.2. The van der Waals surface area contributed by atoms with Crippen molar-refractivity contribution in [3.05, 3.63) is 41.8 Å². The molecule has 0 saturated carbocycles. The quantitative estimate of drug-likeness (QED) is 0.779. The first-order chi connectivity index (χ1) is 11.5.